The highest BCUT2D eigenvalue weighted by atomic mass is 16.6. The zero-order valence-corrected chi connectivity index (χ0v) is 20.6. The van der Waals surface area contributed by atoms with Gasteiger partial charge in [0, 0.05) is 25.2 Å². The summed E-state index contributed by atoms with van der Waals surface area (Å²) in [5, 5.41) is 21.9. The molecule has 0 radical (unpaired) electrons. The van der Waals surface area contributed by atoms with Crippen molar-refractivity contribution < 1.29 is 34.0 Å². The number of esters is 2. The molecule has 0 aromatic carbocycles. The van der Waals surface area contributed by atoms with E-state index in [0.29, 0.717) is 37.7 Å². The molecular weight excluding hydrogens is 424 g/mol. The van der Waals surface area contributed by atoms with Crippen molar-refractivity contribution in [1.82, 2.24) is 0 Å². The predicted octanol–water partition coefficient (Wildman–Crippen LogP) is 3.32. The second kappa shape index (κ2) is 9.88. The molecule has 0 aromatic rings. The van der Waals surface area contributed by atoms with Crippen LogP contribution in [-0.4, -0.2) is 58.3 Å². The zero-order chi connectivity index (χ0) is 24.7. The first-order valence-electron chi connectivity index (χ1n) is 12.2. The predicted molar refractivity (Wildman–Crippen MR) is 123 cm³/mol. The third-order valence-electron chi connectivity index (χ3n) is 7.85. The van der Waals surface area contributed by atoms with E-state index < -0.39 is 36.1 Å². The second-order valence-corrected chi connectivity index (χ2v) is 10.6. The molecule has 0 spiro atoms. The molecule has 7 nitrogen and oxygen atoms in total. The second-order valence-electron chi connectivity index (χ2n) is 10.6. The van der Waals surface area contributed by atoms with E-state index in [1.165, 1.54) is 6.92 Å². The standard InChI is InChI=1S/C26H40O7/c1-8-9-20(29)33-26(7)11-10-18(28)14(4)23(30)24-21-15(5)19(31-16(6)27)12-17(13(2)3)22(21)25(26)32-24/h13,17-19,21-25,28,30H,4-5,8-12H2,1-3,6-7H3/t17-,18+,19+,21+,22-,23-,24+,25-,26-/m1/s1. The summed E-state index contributed by atoms with van der Waals surface area (Å²) in [5.74, 6) is -0.779. The number of carbonyl (C=O) groups is 2. The van der Waals surface area contributed by atoms with Gasteiger partial charge in [-0.3, -0.25) is 9.59 Å². The van der Waals surface area contributed by atoms with E-state index in [1.54, 1.807) is 0 Å². The van der Waals surface area contributed by atoms with Crippen LogP contribution in [0.1, 0.15) is 66.7 Å². The Kier molecular flexibility index (Phi) is 7.76. The summed E-state index contributed by atoms with van der Waals surface area (Å²) in [7, 11) is 0. The fourth-order valence-corrected chi connectivity index (χ4v) is 6.12. The maximum Gasteiger partial charge on any atom is 0.306 e. The molecular formula is C26H40O7. The van der Waals surface area contributed by atoms with Gasteiger partial charge < -0.3 is 24.4 Å². The Morgan fingerprint density at radius 2 is 1.91 bits per heavy atom. The molecule has 0 aromatic heterocycles. The van der Waals surface area contributed by atoms with Gasteiger partial charge in [-0.25, -0.2) is 0 Å². The van der Waals surface area contributed by atoms with Gasteiger partial charge in [-0.15, -0.1) is 0 Å². The SMILES string of the molecule is C=C1[C@@H]2[C@@H]3O[C@H]([C@@H]2[C@@H](C(C)C)C[C@@H]1OC(C)=O)[C@](C)(OC(=O)CCC)CC[C@H](O)C(=C)[C@H]3O. The summed E-state index contributed by atoms with van der Waals surface area (Å²) in [6.07, 6.45) is -1.53. The Balaban J connectivity index is 2.10. The first-order chi connectivity index (χ1) is 15.4. The number of aliphatic hydroxyl groups excluding tert-OH is 2. The van der Waals surface area contributed by atoms with Gasteiger partial charge in [0.2, 0.25) is 0 Å². The summed E-state index contributed by atoms with van der Waals surface area (Å²) in [5.41, 5.74) is -0.00694. The summed E-state index contributed by atoms with van der Waals surface area (Å²) < 4.78 is 18.2. The van der Waals surface area contributed by atoms with Crippen LogP contribution < -0.4 is 0 Å². The maximum absolute atomic E-state index is 12.6. The van der Waals surface area contributed by atoms with Crippen LogP contribution in [0.3, 0.4) is 0 Å². The van der Waals surface area contributed by atoms with Crippen LogP contribution >= 0.6 is 0 Å². The molecule has 0 amide bonds. The Morgan fingerprint density at radius 3 is 2.48 bits per heavy atom. The van der Waals surface area contributed by atoms with E-state index in [0.717, 1.165) is 0 Å². The normalized spacial score (nSPS) is 41.1. The zero-order valence-electron chi connectivity index (χ0n) is 20.6. The lowest BCUT2D eigenvalue weighted by molar-refractivity contribution is -0.184. The minimum atomic E-state index is -1.12. The van der Waals surface area contributed by atoms with Crippen LogP contribution in [0.25, 0.3) is 0 Å². The Morgan fingerprint density at radius 1 is 1.24 bits per heavy atom. The van der Waals surface area contributed by atoms with E-state index in [2.05, 4.69) is 27.0 Å². The molecule has 1 saturated carbocycles. The molecule has 9 atom stereocenters. The number of rotatable bonds is 5. The smallest absolute Gasteiger partial charge is 0.306 e. The summed E-state index contributed by atoms with van der Waals surface area (Å²) in [6, 6.07) is 0. The van der Waals surface area contributed by atoms with Gasteiger partial charge in [-0.1, -0.05) is 33.9 Å². The van der Waals surface area contributed by atoms with E-state index >= 15 is 0 Å². The van der Waals surface area contributed by atoms with Crippen molar-refractivity contribution in [3.8, 4) is 0 Å². The van der Waals surface area contributed by atoms with Crippen molar-refractivity contribution in [2.45, 2.75) is 103 Å². The van der Waals surface area contributed by atoms with Gasteiger partial charge >= 0.3 is 11.9 Å². The molecule has 2 bridgehead atoms. The van der Waals surface area contributed by atoms with Crippen LogP contribution in [0.4, 0.5) is 0 Å². The molecule has 7 heteroatoms. The average molecular weight is 465 g/mol. The van der Waals surface area contributed by atoms with Crippen molar-refractivity contribution in [3.63, 3.8) is 0 Å². The number of aliphatic hydroxyl groups is 2. The molecule has 3 fully saturated rings. The number of ether oxygens (including phenoxy) is 3. The van der Waals surface area contributed by atoms with Gasteiger partial charge in [0.25, 0.3) is 0 Å². The summed E-state index contributed by atoms with van der Waals surface area (Å²) >= 11 is 0. The fourth-order valence-electron chi connectivity index (χ4n) is 6.12. The lowest BCUT2D eigenvalue weighted by atomic mass is 9.60. The first-order valence-corrected chi connectivity index (χ1v) is 12.2. The molecule has 2 heterocycles. The largest absolute Gasteiger partial charge is 0.458 e. The minimum Gasteiger partial charge on any atom is -0.458 e. The Hall–Kier alpha value is -1.70. The van der Waals surface area contributed by atoms with Crippen LogP contribution in [0.15, 0.2) is 24.3 Å². The van der Waals surface area contributed by atoms with Crippen molar-refractivity contribution in [2.75, 3.05) is 0 Å². The van der Waals surface area contributed by atoms with Gasteiger partial charge in [0.1, 0.15) is 23.9 Å². The van der Waals surface area contributed by atoms with Gasteiger partial charge in [0.15, 0.2) is 0 Å². The molecule has 2 saturated heterocycles. The van der Waals surface area contributed by atoms with Crippen molar-refractivity contribution >= 4 is 11.9 Å². The van der Waals surface area contributed by atoms with E-state index in [-0.39, 0.29) is 41.2 Å². The van der Waals surface area contributed by atoms with Crippen molar-refractivity contribution in [2.24, 2.45) is 23.7 Å². The lowest BCUT2D eigenvalue weighted by Crippen LogP contribution is -2.53. The highest BCUT2D eigenvalue weighted by molar-refractivity contribution is 5.70. The molecule has 0 unspecified atom stereocenters. The molecule has 186 valence electrons. The molecule has 3 rings (SSSR count). The number of hydrogen-bond acceptors (Lipinski definition) is 7. The first kappa shape index (κ1) is 25.9. The molecule has 2 N–H and O–H groups in total. The van der Waals surface area contributed by atoms with Gasteiger partial charge in [-0.05, 0) is 55.6 Å². The summed E-state index contributed by atoms with van der Waals surface area (Å²) in [4.78, 5) is 24.4. The Bertz CT molecular complexity index is 790. The molecule has 2 aliphatic heterocycles. The fraction of sp³-hybridized carbons (Fsp3) is 0.769. The van der Waals surface area contributed by atoms with Crippen LogP contribution in [-0.2, 0) is 23.8 Å². The number of fused-ring (bicyclic) bond motifs is 5. The molecule has 1 aliphatic carbocycles. The third-order valence-corrected chi connectivity index (χ3v) is 7.85. The number of hydrogen-bond donors (Lipinski definition) is 2. The average Bonchev–Trinajstić information content (AvgIpc) is 3.14. The molecule has 3 aliphatic rings. The van der Waals surface area contributed by atoms with Crippen LogP contribution in [0.5, 0.6) is 0 Å². The minimum absolute atomic E-state index is 0.0913. The van der Waals surface area contributed by atoms with Crippen molar-refractivity contribution in [1.29, 1.82) is 0 Å². The Labute approximate surface area is 197 Å². The highest BCUT2D eigenvalue weighted by Crippen LogP contribution is 2.56. The quantitative estimate of drug-likeness (QED) is 0.475. The van der Waals surface area contributed by atoms with Crippen LogP contribution in [0, 0.1) is 23.7 Å². The van der Waals surface area contributed by atoms with E-state index in [1.807, 2.05) is 13.8 Å². The number of carbonyl (C=O) groups excluding carboxylic acids is 2. The van der Waals surface area contributed by atoms with E-state index in [4.69, 9.17) is 14.2 Å². The monoisotopic (exact) mass is 464 g/mol. The summed E-state index contributed by atoms with van der Waals surface area (Å²) in [6.45, 7) is 17.6. The highest BCUT2D eigenvalue weighted by Gasteiger charge is 2.62. The van der Waals surface area contributed by atoms with E-state index in [9.17, 15) is 19.8 Å². The lowest BCUT2D eigenvalue weighted by Gasteiger charge is -2.47. The third kappa shape index (κ3) is 4.91. The van der Waals surface area contributed by atoms with Crippen molar-refractivity contribution in [3.05, 3.63) is 24.3 Å². The maximum atomic E-state index is 12.6. The van der Waals surface area contributed by atoms with Crippen LogP contribution in [0.2, 0.25) is 0 Å². The van der Waals surface area contributed by atoms with Gasteiger partial charge in [-0.2, -0.15) is 0 Å². The molecule has 33 heavy (non-hydrogen) atoms. The van der Waals surface area contributed by atoms with Gasteiger partial charge in [0.05, 0.1) is 12.2 Å². The topological polar surface area (TPSA) is 102 Å².